The number of aromatic nitrogens is 2. The summed E-state index contributed by atoms with van der Waals surface area (Å²) in [4.78, 5) is 38.5. The number of hydrogen-bond donors (Lipinski definition) is 1. The van der Waals surface area contributed by atoms with E-state index in [1.807, 2.05) is 24.3 Å². The summed E-state index contributed by atoms with van der Waals surface area (Å²) in [5.41, 5.74) is 1.41. The zero-order chi connectivity index (χ0) is 25.5. The van der Waals surface area contributed by atoms with E-state index >= 15 is 0 Å². The molecule has 0 atom stereocenters. The minimum atomic E-state index is -0.449. The molecule has 6 nitrogen and oxygen atoms in total. The Bertz CT molecular complexity index is 1480. The Labute approximate surface area is 213 Å². The number of nitrogens with zero attached hydrogens (tertiary/aromatic N) is 2. The van der Waals surface area contributed by atoms with Crippen molar-refractivity contribution in [2.24, 2.45) is 0 Å². The van der Waals surface area contributed by atoms with Crippen LogP contribution >= 0.6 is 11.6 Å². The highest BCUT2D eigenvalue weighted by Gasteiger charge is 2.13. The van der Waals surface area contributed by atoms with Crippen LogP contribution in [-0.2, 0) is 24.3 Å². The molecule has 0 aliphatic carbocycles. The second-order valence-electron chi connectivity index (χ2n) is 8.66. The highest BCUT2D eigenvalue weighted by Crippen LogP contribution is 2.12. The minimum absolute atomic E-state index is 0.0710. The molecule has 36 heavy (non-hydrogen) atoms. The molecule has 0 spiro atoms. The van der Waals surface area contributed by atoms with Crippen molar-refractivity contribution in [3.05, 3.63) is 116 Å². The van der Waals surface area contributed by atoms with E-state index in [1.165, 1.54) is 21.3 Å². The molecule has 186 valence electrons. The Morgan fingerprint density at radius 2 is 1.67 bits per heavy atom. The number of carbonyl (C=O) groups excluding carboxylic acids is 1. The SMILES string of the molecule is O=C(CCCCn1c(=O)c2ccccc2n(Cc2cccc(F)c2)c1=O)NCCc1ccc(Cl)cc1. The zero-order valence-corrected chi connectivity index (χ0v) is 20.5. The monoisotopic (exact) mass is 507 g/mol. The van der Waals surface area contributed by atoms with E-state index < -0.39 is 5.69 Å². The third-order valence-electron chi connectivity index (χ3n) is 6.05. The molecule has 0 aliphatic heterocycles. The Morgan fingerprint density at radius 1 is 0.889 bits per heavy atom. The second-order valence-corrected chi connectivity index (χ2v) is 9.09. The second kappa shape index (κ2) is 11.8. The molecule has 0 unspecified atom stereocenters. The Balaban J connectivity index is 1.39. The van der Waals surface area contributed by atoms with Crippen LogP contribution in [0.5, 0.6) is 0 Å². The minimum Gasteiger partial charge on any atom is -0.356 e. The molecule has 0 saturated carbocycles. The van der Waals surface area contributed by atoms with Gasteiger partial charge in [-0.2, -0.15) is 0 Å². The van der Waals surface area contributed by atoms with Gasteiger partial charge in [0.25, 0.3) is 5.56 Å². The van der Waals surface area contributed by atoms with Crippen molar-refractivity contribution in [3.63, 3.8) is 0 Å². The average molecular weight is 508 g/mol. The predicted molar refractivity (Wildman–Crippen MR) is 140 cm³/mol. The van der Waals surface area contributed by atoms with Gasteiger partial charge >= 0.3 is 5.69 Å². The molecule has 1 N–H and O–H groups in total. The van der Waals surface area contributed by atoms with Crippen LogP contribution in [0.1, 0.15) is 30.4 Å². The van der Waals surface area contributed by atoms with E-state index in [9.17, 15) is 18.8 Å². The fourth-order valence-corrected chi connectivity index (χ4v) is 4.31. The summed E-state index contributed by atoms with van der Waals surface area (Å²) in [6, 6.07) is 20.5. The van der Waals surface area contributed by atoms with Crippen molar-refractivity contribution in [3.8, 4) is 0 Å². The summed E-state index contributed by atoms with van der Waals surface area (Å²) in [5, 5.41) is 3.99. The van der Waals surface area contributed by atoms with Gasteiger partial charge in [0, 0.05) is 24.5 Å². The Morgan fingerprint density at radius 3 is 2.44 bits per heavy atom. The molecule has 4 rings (SSSR count). The summed E-state index contributed by atoms with van der Waals surface area (Å²) < 4.78 is 16.4. The van der Waals surface area contributed by atoms with E-state index in [1.54, 1.807) is 36.4 Å². The lowest BCUT2D eigenvalue weighted by Gasteiger charge is -2.14. The number of unbranched alkanes of at least 4 members (excludes halogenated alkanes) is 1. The molecule has 0 saturated heterocycles. The molecule has 1 aromatic heterocycles. The molecule has 0 aliphatic rings. The van der Waals surface area contributed by atoms with E-state index in [0.717, 1.165) is 5.56 Å². The van der Waals surface area contributed by atoms with Crippen molar-refractivity contribution < 1.29 is 9.18 Å². The first-order chi connectivity index (χ1) is 17.4. The standard InChI is InChI=1S/C28H27ClFN3O3/c29-22-13-11-20(12-14-22)15-16-31-26(34)10-3-4-17-32-27(35)24-8-1-2-9-25(24)33(28(32)36)19-21-6-5-7-23(30)18-21/h1-2,5-9,11-14,18H,3-4,10,15-17,19H2,(H,31,34). The lowest BCUT2D eigenvalue weighted by molar-refractivity contribution is -0.121. The van der Waals surface area contributed by atoms with Gasteiger partial charge in [0.05, 0.1) is 17.4 Å². The number of carbonyl (C=O) groups is 1. The zero-order valence-electron chi connectivity index (χ0n) is 19.8. The topological polar surface area (TPSA) is 73.1 Å². The van der Waals surface area contributed by atoms with E-state index in [-0.39, 0.29) is 30.4 Å². The molecule has 1 heterocycles. The third-order valence-corrected chi connectivity index (χ3v) is 6.30. The molecule has 1 amide bonds. The van der Waals surface area contributed by atoms with Gasteiger partial charge in [-0.15, -0.1) is 0 Å². The van der Waals surface area contributed by atoms with Gasteiger partial charge in [-0.1, -0.05) is 48.0 Å². The Kier molecular flexibility index (Phi) is 8.33. The van der Waals surface area contributed by atoms with Crippen LogP contribution in [0.25, 0.3) is 10.9 Å². The maximum atomic E-state index is 13.7. The summed E-state index contributed by atoms with van der Waals surface area (Å²) in [5.74, 6) is -0.456. The highest BCUT2D eigenvalue weighted by atomic mass is 35.5. The fraction of sp³-hybridized carbons (Fsp3) is 0.250. The first-order valence-corrected chi connectivity index (χ1v) is 12.3. The first kappa shape index (κ1) is 25.4. The van der Waals surface area contributed by atoms with Gasteiger partial charge in [0.1, 0.15) is 5.82 Å². The number of para-hydroxylation sites is 1. The largest absolute Gasteiger partial charge is 0.356 e. The van der Waals surface area contributed by atoms with Gasteiger partial charge in [0.2, 0.25) is 5.91 Å². The molecule has 0 bridgehead atoms. The highest BCUT2D eigenvalue weighted by molar-refractivity contribution is 6.30. The number of nitrogens with one attached hydrogen (secondary N) is 1. The van der Waals surface area contributed by atoms with Crippen LogP contribution in [0.3, 0.4) is 0 Å². The summed E-state index contributed by atoms with van der Waals surface area (Å²) in [6.07, 6.45) is 2.05. The third kappa shape index (κ3) is 6.29. The van der Waals surface area contributed by atoms with Crippen molar-refractivity contribution in [1.29, 1.82) is 0 Å². The number of benzene rings is 3. The van der Waals surface area contributed by atoms with Crippen LogP contribution in [0.2, 0.25) is 5.02 Å². The lowest BCUT2D eigenvalue weighted by atomic mass is 10.1. The number of halogens is 2. The van der Waals surface area contributed by atoms with Gasteiger partial charge in [-0.3, -0.25) is 18.7 Å². The fourth-order valence-electron chi connectivity index (χ4n) is 4.18. The van der Waals surface area contributed by atoms with Crippen LogP contribution < -0.4 is 16.6 Å². The Hall–Kier alpha value is -3.71. The summed E-state index contributed by atoms with van der Waals surface area (Å²) in [6.45, 7) is 0.868. The molecule has 0 fully saturated rings. The molecule has 8 heteroatoms. The molecule has 0 radical (unpaired) electrons. The van der Waals surface area contributed by atoms with Gasteiger partial charge in [-0.05, 0) is 66.8 Å². The number of rotatable bonds is 10. The van der Waals surface area contributed by atoms with E-state index in [2.05, 4.69) is 5.32 Å². The van der Waals surface area contributed by atoms with Crippen LogP contribution in [0.4, 0.5) is 4.39 Å². The predicted octanol–water partition coefficient (Wildman–Crippen LogP) is 4.53. The van der Waals surface area contributed by atoms with Crippen molar-refractivity contribution in [1.82, 2.24) is 14.5 Å². The quantitative estimate of drug-likeness (QED) is 0.320. The first-order valence-electron chi connectivity index (χ1n) is 11.9. The maximum Gasteiger partial charge on any atom is 0.331 e. The van der Waals surface area contributed by atoms with Gasteiger partial charge < -0.3 is 5.32 Å². The van der Waals surface area contributed by atoms with Crippen molar-refractivity contribution in [2.75, 3.05) is 6.54 Å². The maximum absolute atomic E-state index is 13.7. The summed E-state index contributed by atoms with van der Waals surface area (Å²) >= 11 is 5.88. The normalized spacial score (nSPS) is 11.1. The summed E-state index contributed by atoms with van der Waals surface area (Å²) in [7, 11) is 0. The van der Waals surface area contributed by atoms with E-state index in [4.69, 9.17) is 11.6 Å². The molecule has 3 aromatic carbocycles. The number of hydrogen-bond acceptors (Lipinski definition) is 3. The van der Waals surface area contributed by atoms with Gasteiger partial charge in [-0.25, -0.2) is 9.18 Å². The van der Waals surface area contributed by atoms with Crippen LogP contribution in [0.15, 0.2) is 82.4 Å². The van der Waals surface area contributed by atoms with Crippen LogP contribution in [0, 0.1) is 5.82 Å². The van der Waals surface area contributed by atoms with Gasteiger partial charge in [0.15, 0.2) is 0 Å². The van der Waals surface area contributed by atoms with Crippen molar-refractivity contribution in [2.45, 2.75) is 38.8 Å². The van der Waals surface area contributed by atoms with Crippen molar-refractivity contribution >= 4 is 28.4 Å². The molecular formula is C28H27ClFN3O3. The molecular weight excluding hydrogens is 481 g/mol. The smallest absolute Gasteiger partial charge is 0.331 e. The molecule has 4 aromatic rings. The number of fused-ring (bicyclic) bond motifs is 1. The lowest BCUT2D eigenvalue weighted by Crippen LogP contribution is -2.40. The van der Waals surface area contributed by atoms with Crippen LogP contribution in [-0.4, -0.2) is 21.6 Å². The average Bonchev–Trinajstić information content (AvgIpc) is 2.87. The van der Waals surface area contributed by atoms with E-state index in [0.29, 0.717) is 53.7 Å². The number of amides is 1.